The topological polar surface area (TPSA) is 91.2 Å². The van der Waals surface area contributed by atoms with Gasteiger partial charge in [0, 0.05) is 17.7 Å². The second-order valence-electron chi connectivity index (χ2n) is 7.46. The maximum Gasteiger partial charge on any atom is 0.248 e. The minimum Gasteiger partial charge on any atom is -0.493 e. The number of ketones is 1. The molecule has 0 saturated heterocycles. The number of carbonyl (C=O) groups excluding carboxylic acids is 1. The predicted molar refractivity (Wildman–Crippen MR) is 108 cm³/mol. The normalized spacial score (nSPS) is 18.1. The molecule has 0 radical (unpaired) electrons. The number of Topliss-reactive ketones (excluding diaryl/α,β-unsaturated/α-hetero) is 1. The van der Waals surface area contributed by atoms with E-state index >= 15 is 0 Å². The lowest BCUT2D eigenvalue weighted by Crippen LogP contribution is -2.31. The summed E-state index contributed by atoms with van der Waals surface area (Å²) in [5, 5.41) is 15.2. The first-order valence-electron chi connectivity index (χ1n) is 10.3. The maximum absolute atomic E-state index is 12.8. The number of allylic oxidation sites excluding steroid dienone is 2. The highest BCUT2D eigenvalue weighted by atomic mass is 16.5. The number of hydrogen-bond donors (Lipinski definition) is 1. The number of methoxy groups -OCH3 is 1. The van der Waals surface area contributed by atoms with E-state index in [2.05, 4.69) is 27.8 Å². The molecule has 2 heterocycles. The molecule has 154 valence electrons. The largest absolute Gasteiger partial charge is 0.493 e. The zero-order valence-electron chi connectivity index (χ0n) is 17.0. The van der Waals surface area contributed by atoms with Crippen LogP contribution in [0.4, 0.5) is 5.95 Å². The van der Waals surface area contributed by atoms with Gasteiger partial charge in [-0.15, -0.1) is 0 Å². The number of tetrazole rings is 1. The molecule has 1 aromatic heterocycles. The van der Waals surface area contributed by atoms with Gasteiger partial charge in [-0.05, 0) is 47.4 Å². The van der Waals surface area contributed by atoms with Gasteiger partial charge in [0.25, 0.3) is 0 Å². The number of anilines is 1. The van der Waals surface area contributed by atoms with E-state index in [4.69, 9.17) is 9.47 Å². The van der Waals surface area contributed by atoms with Crippen molar-refractivity contribution in [2.45, 2.75) is 57.9 Å². The number of nitrogens with one attached hydrogen (secondary N) is 1. The molecule has 8 heteroatoms. The van der Waals surface area contributed by atoms with Crippen LogP contribution in [0, 0.1) is 0 Å². The third-order valence-corrected chi connectivity index (χ3v) is 5.49. The van der Waals surface area contributed by atoms with Crippen LogP contribution in [0.15, 0.2) is 29.5 Å². The van der Waals surface area contributed by atoms with Crippen LogP contribution >= 0.6 is 0 Å². The molecule has 4 rings (SSSR count). The zero-order valence-corrected chi connectivity index (χ0v) is 17.0. The molecule has 1 unspecified atom stereocenters. The van der Waals surface area contributed by atoms with E-state index < -0.39 is 0 Å². The summed E-state index contributed by atoms with van der Waals surface area (Å²) in [5.41, 5.74) is 2.56. The van der Waals surface area contributed by atoms with Crippen LogP contribution in [0.1, 0.15) is 63.5 Å². The quantitative estimate of drug-likeness (QED) is 0.680. The summed E-state index contributed by atoms with van der Waals surface area (Å²) in [6, 6.07) is 5.44. The minimum absolute atomic E-state index is 0.139. The lowest BCUT2D eigenvalue weighted by atomic mass is 9.85. The Hall–Kier alpha value is -2.90. The Labute approximate surface area is 170 Å². The van der Waals surface area contributed by atoms with Crippen LogP contribution in [0.3, 0.4) is 0 Å². The lowest BCUT2D eigenvalue weighted by molar-refractivity contribution is -0.116. The number of ether oxygens (including phenoxy) is 2. The number of benzene rings is 1. The molecule has 2 aliphatic rings. The average molecular weight is 397 g/mol. The number of carbonyl (C=O) groups is 1. The third-order valence-electron chi connectivity index (χ3n) is 5.49. The Morgan fingerprint density at radius 1 is 1.21 bits per heavy atom. The van der Waals surface area contributed by atoms with Crippen molar-refractivity contribution >= 4 is 11.7 Å². The molecule has 0 amide bonds. The number of nitrogens with zero attached hydrogens (tertiary/aromatic N) is 4. The molecule has 1 aliphatic heterocycles. The summed E-state index contributed by atoms with van der Waals surface area (Å²) in [6.07, 6.45) is 6.80. The Morgan fingerprint density at radius 2 is 2.10 bits per heavy atom. The van der Waals surface area contributed by atoms with Crippen LogP contribution < -0.4 is 14.8 Å². The molecule has 0 saturated carbocycles. The molecule has 0 bridgehead atoms. The van der Waals surface area contributed by atoms with E-state index in [-0.39, 0.29) is 11.8 Å². The highest BCUT2D eigenvalue weighted by Gasteiger charge is 2.36. The fourth-order valence-electron chi connectivity index (χ4n) is 4.01. The summed E-state index contributed by atoms with van der Waals surface area (Å²) < 4.78 is 13.2. The molecular weight excluding hydrogens is 370 g/mol. The molecule has 1 atom stereocenters. The SMILES string of the molecule is CCCCCCOc1ccc(C2C3=C(CCCC3=O)Nc3nnnn32)cc1OC. The van der Waals surface area contributed by atoms with E-state index in [9.17, 15) is 4.79 Å². The second kappa shape index (κ2) is 8.63. The molecule has 1 N–H and O–H groups in total. The van der Waals surface area contributed by atoms with Crippen LogP contribution in [-0.2, 0) is 4.79 Å². The number of unbranched alkanes of at least 4 members (excludes halogenated alkanes) is 3. The van der Waals surface area contributed by atoms with Crippen molar-refractivity contribution in [3.63, 3.8) is 0 Å². The van der Waals surface area contributed by atoms with Crippen LogP contribution in [-0.4, -0.2) is 39.7 Å². The maximum atomic E-state index is 12.8. The van der Waals surface area contributed by atoms with Crippen molar-refractivity contribution in [2.24, 2.45) is 0 Å². The average Bonchev–Trinajstić information content (AvgIpc) is 3.20. The van der Waals surface area contributed by atoms with E-state index in [1.807, 2.05) is 18.2 Å². The van der Waals surface area contributed by atoms with Gasteiger partial charge in [0.2, 0.25) is 5.95 Å². The first kappa shape index (κ1) is 19.4. The predicted octanol–water partition coefficient (Wildman–Crippen LogP) is 3.66. The van der Waals surface area contributed by atoms with Crippen LogP contribution in [0.25, 0.3) is 0 Å². The monoisotopic (exact) mass is 397 g/mol. The van der Waals surface area contributed by atoms with Gasteiger partial charge in [-0.3, -0.25) is 4.79 Å². The van der Waals surface area contributed by atoms with Gasteiger partial charge in [-0.25, -0.2) is 0 Å². The van der Waals surface area contributed by atoms with Gasteiger partial charge in [-0.2, -0.15) is 4.68 Å². The van der Waals surface area contributed by atoms with Crippen molar-refractivity contribution in [2.75, 3.05) is 19.0 Å². The number of hydrogen-bond acceptors (Lipinski definition) is 7. The molecule has 29 heavy (non-hydrogen) atoms. The minimum atomic E-state index is -0.364. The molecule has 1 aliphatic carbocycles. The zero-order chi connectivity index (χ0) is 20.2. The molecule has 0 fully saturated rings. The lowest BCUT2D eigenvalue weighted by Gasteiger charge is -2.31. The second-order valence-corrected chi connectivity index (χ2v) is 7.46. The highest BCUT2D eigenvalue weighted by Crippen LogP contribution is 2.41. The Balaban J connectivity index is 1.63. The fourth-order valence-corrected chi connectivity index (χ4v) is 4.01. The Morgan fingerprint density at radius 3 is 2.93 bits per heavy atom. The van der Waals surface area contributed by atoms with Gasteiger partial charge >= 0.3 is 0 Å². The Kier molecular flexibility index (Phi) is 5.78. The van der Waals surface area contributed by atoms with Gasteiger partial charge in [0.05, 0.1) is 13.7 Å². The Bertz CT molecular complexity index is 921. The van der Waals surface area contributed by atoms with Gasteiger partial charge in [0.1, 0.15) is 6.04 Å². The number of rotatable bonds is 8. The number of aromatic nitrogens is 4. The van der Waals surface area contributed by atoms with Gasteiger partial charge in [0.15, 0.2) is 17.3 Å². The van der Waals surface area contributed by atoms with Crippen molar-refractivity contribution < 1.29 is 14.3 Å². The fraction of sp³-hybridized carbons (Fsp3) is 0.524. The summed E-state index contributed by atoms with van der Waals surface area (Å²) in [7, 11) is 1.63. The first-order valence-corrected chi connectivity index (χ1v) is 10.3. The van der Waals surface area contributed by atoms with Crippen LogP contribution in [0.2, 0.25) is 0 Å². The molecule has 2 aromatic rings. The smallest absolute Gasteiger partial charge is 0.248 e. The molecule has 8 nitrogen and oxygen atoms in total. The number of fused-ring (bicyclic) bond motifs is 1. The molecule has 0 spiro atoms. The van der Waals surface area contributed by atoms with Crippen molar-refractivity contribution in [1.82, 2.24) is 20.2 Å². The van der Waals surface area contributed by atoms with Crippen molar-refractivity contribution in [3.8, 4) is 11.5 Å². The van der Waals surface area contributed by atoms with Gasteiger partial charge < -0.3 is 14.8 Å². The first-order chi connectivity index (χ1) is 14.2. The van der Waals surface area contributed by atoms with E-state index in [1.54, 1.807) is 11.8 Å². The van der Waals surface area contributed by atoms with E-state index in [0.29, 0.717) is 30.5 Å². The van der Waals surface area contributed by atoms with Gasteiger partial charge in [-0.1, -0.05) is 37.4 Å². The standard InChI is InChI=1S/C21H27N5O3/c1-3-4-5-6-12-29-17-11-10-14(13-18(17)28-2)20-19-15(8-7-9-16(19)27)22-21-23-24-25-26(20)21/h10-11,13,20H,3-9,12H2,1-2H3,(H,22,23,25). The summed E-state index contributed by atoms with van der Waals surface area (Å²) in [4.78, 5) is 12.8. The summed E-state index contributed by atoms with van der Waals surface area (Å²) >= 11 is 0. The van der Waals surface area contributed by atoms with Crippen molar-refractivity contribution in [1.29, 1.82) is 0 Å². The summed E-state index contributed by atoms with van der Waals surface area (Å²) in [5.74, 6) is 2.05. The van der Waals surface area contributed by atoms with E-state index in [0.717, 1.165) is 42.5 Å². The van der Waals surface area contributed by atoms with Crippen molar-refractivity contribution in [3.05, 3.63) is 35.0 Å². The molecule has 1 aromatic carbocycles. The third kappa shape index (κ3) is 3.83. The van der Waals surface area contributed by atoms with E-state index in [1.165, 1.54) is 12.8 Å². The summed E-state index contributed by atoms with van der Waals surface area (Å²) in [6.45, 7) is 2.85. The molecular formula is C21H27N5O3. The highest BCUT2D eigenvalue weighted by molar-refractivity contribution is 5.99. The van der Waals surface area contributed by atoms with Crippen LogP contribution in [0.5, 0.6) is 11.5 Å².